The second-order valence-electron chi connectivity index (χ2n) is 5.41. The molecule has 3 rings (SSSR count). The van der Waals surface area contributed by atoms with Crippen LogP contribution in [-0.2, 0) is 0 Å². The first-order valence-corrected chi connectivity index (χ1v) is 7.54. The van der Waals surface area contributed by atoms with Crippen molar-refractivity contribution in [1.29, 1.82) is 0 Å². The van der Waals surface area contributed by atoms with Gasteiger partial charge in [0.15, 0.2) is 0 Å². The summed E-state index contributed by atoms with van der Waals surface area (Å²) >= 11 is 0. The number of nitrogens with one attached hydrogen (secondary N) is 1. The van der Waals surface area contributed by atoms with Gasteiger partial charge >= 0.3 is 0 Å². The van der Waals surface area contributed by atoms with Gasteiger partial charge in [-0.05, 0) is 31.4 Å². The van der Waals surface area contributed by atoms with Gasteiger partial charge in [0.25, 0.3) is 0 Å². The van der Waals surface area contributed by atoms with E-state index in [1.165, 1.54) is 24.3 Å². The van der Waals surface area contributed by atoms with Crippen LogP contribution in [-0.4, -0.2) is 35.1 Å². The van der Waals surface area contributed by atoms with Gasteiger partial charge in [-0.15, -0.1) is 0 Å². The van der Waals surface area contributed by atoms with E-state index in [0.717, 1.165) is 18.8 Å². The molecule has 22 heavy (non-hydrogen) atoms. The number of rotatable bonds is 4. The third-order valence-corrected chi connectivity index (χ3v) is 3.60. The molecule has 116 valence electrons. The molecule has 1 saturated heterocycles. The van der Waals surface area contributed by atoms with Crippen molar-refractivity contribution in [2.24, 2.45) is 5.84 Å². The molecule has 1 aliphatic rings. The quantitative estimate of drug-likeness (QED) is 0.659. The molecule has 3 N–H and O–H groups in total. The lowest BCUT2D eigenvalue weighted by atomic mass is 10.1. The SMILES string of the molecule is CN(N)c1nc(Nc2ccccc2)nc(N2CCCCC2)n1. The van der Waals surface area contributed by atoms with Crippen LogP contribution in [0, 0.1) is 0 Å². The molecule has 0 radical (unpaired) electrons. The van der Waals surface area contributed by atoms with Crippen molar-refractivity contribution >= 4 is 23.5 Å². The number of hydrogen-bond donors (Lipinski definition) is 2. The summed E-state index contributed by atoms with van der Waals surface area (Å²) in [6, 6.07) is 9.83. The Kier molecular flexibility index (Phi) is 4.34. The molecule has 0 bridgehead atoms. The molecule has 0 unspecified atom stereocenters. The molecule has 0 aliphatic carbocycles. The number of aromatic nitrogens is 3. The van der Waals surface area contributed by atoms with Crippen LogP contribution in [0.2, 0.25) is 0 Å². The number of para-hydroxylation sites is 1. The van der Waals surface area contributed by atoms with E-state index in [9.17, 15) is 0 Å². The number of nitrogens with two attached hydrogens (primary N) is 1. The maximum Gasteiger partial charge on any atom is 0.246 e. The molecule has 7 heteroatoms. The minimum Gasteiger partial charge on any atom is -0.341 e. The number of benzene rings is 1. The highest BCUT2D eigenvalue weighted by atomic mass is 15.5. The third-order valence-electron chi connectivity index (χ3n) is 3.60. The molecular weight excluding hydrogens is 278 g/mol. The number of hydrogen-bond acceptors (Lipinski definition) is 7. The van der Waals surface area contributed by atoms with Gasteiger partial charge in [-0.3, -0.25) is 5.01 Å². The molecule has 2 heterocycles. The first-order valence-electron chi connectivity index (χ1n) is 7.54. The molecule has 0 atom stereocenters. The Morgan fingerprint density at radius 2 is 1.77 bits per heavy atom. The molecule has 7 nitrogen and oxygen atoms in total. The summed E-state index contributed by atoms with van der Waals surface area (Å²) < 4.78 is 0. The van der Waals surface area contributed by atoms with Gasteiger partial charge in [-0.25, -0.2) is 5.84 Å². The first kappa shape index (κ1) is 14.5. The van der Waals surface area contributed by atoms with Gasteiger partial charge in [0.1, 0.15) is 0 Å². The molecule has 1 aromatic heterocycles. The molecule has 1 aliphatic heterocycles. The highest BCUT2D eigenvalue weighted by Crippen LogP contribution is 2.20. The summed E-state index contributed by atoms with van der Waals surface area (Å²) in [5.74, 6) is 7.45. The fourth-order valence-corrected chi connectivity index (χ4v) is 2.45. The number of piperidine rings is 1. The molecule has 0 spiro atoms. The van der Waals surface area contributed by atoms with Crippen molar-refractivity contribution in [2.45, 2.75) is 19.3 Å². The van der Waals surface area contributed by atoms with Gasteiger partial charge in [0.2, 0.25) is 17.8 Å². The minimum atomic E-state index is 0.453. The van der Waals surface area contributed by atoms with Crippen molar-refractivity contribution in [3.63, 3.8) is 0 Å². The lowest BCUT2D eigenvalue weighted by Gasteiger charge is -2.27. The summed E-state index contributed by atoms with van der Waals surface area (Å²) in [6.45, 7) is 1.95. The van der Waals surface area contributed by atoms with Crippen LogP contribution in [0.15, 0.2) is 30.3 Å². The van der Waals surface area contributed by atoms with Crippen LogP contribution in [0.5, 0.6) is 0 Å². The Morgan fingerprint density at radius 1 is 1.05 bits per heavy atom. The van der Waals surface area contributed by atoms with Crippen molar-refractivity contribution in [1.82, 2.24) is 15.0 Å². The monoisotopic (exact) mass is 299 g/mol. The van der Waals surface area contributed by atoms with Crippen LogP contribution in [0.4, 0.5) is 23.5 Å². The summed E-state index contributed by atoms with van der Waals surface area (Å²) in [6.07, 6.45) is 3.60. The van der Waals surface area contributed by atoms with E-state index in [4.69, 9.17) is 5.84 Å². The summed E-state index contributed by atoms with van der Waals surface area (Å²) in [5.41, 5.74) is 0.934. The van der Waals surface area contributed by atoms with E-state index >= 15 is 0 Å². The van der Waals surface area contributed by atoms with Crippen LogP contribution in [0.1, 0.15) is 19.3 Å². The maximum absolute atomic E-state index is 5.81. The number of anilines is 4. The van der Waals surface area contributed by atoms with Crippen LogP contribution in [0.25, 0.3) is 0 Å². The maximum atomic E-state index is 5.81. The number of nitrogens with zero attached hydrogens (tertiary/aromatic N) is 5. The van der Waals surface area contributed by atoms with E-state index in [2.05, 4.69) is 25.2 Å². The van der Waals surface area contributed by atoms with Gasteiger partial charge < -0.3 is 10.2 Å². The smallest absolute Gasteiger partial charge is 0.246 e. The van der Waals surface area contributed by atoms with Crippen molar-refractivity contribution in [3.05, 3.63) is 30.3 Å². The van der Waals surface area contributed by atoms with Crippen LogP contribution in [0.3, 0.4) is 0 Å². The lowest BCUT2D eigenvalue weighted by Crippen LogP contribution is -2.33. The van der Waals surface area contributed by atoms with E-state index in [1.807, 2.05) is 30.3 Å². The second-order valence-corrected chi connectivity index (χ2v) is 5.41. The fourth-order valence-electron chi connectivity index (χ4n) is 2.45. The topological polar surface area (TPSA) is 83.2 Å². The molecule has 0 saturated carbocycles. The third kappa shape index (κ3) is 3.43. The Balaban J connectivity index is 1.89. The predicted octanol–water partition coefficient (Wildman–Crippen LogP) is 1.92. The zero-order valence-corrected chi connectivity index (χ0v) is 12.7. The number of hydrazine groups is 1. The zero-order valence-electron chi connectivity index (χ0n) is 12.7. The Labute approximate surface area is 130 Å². The summed E-state index contributed by atoms with van der Waals surface area (Å²) in [7, 11) is 1.72. The standard InChI is InChI=1S/C15H21N7/c1-21(16)14-18-13(17-12-8-4-2-5-9-12)19-15(20-14)22-10-6-3-7-11-22/h2,4-5,8-9H,3,6-7,10-11,16H2,1H3,(H,17,18,19,20). The van der Waals surface area contributed by atoms with E-state index in [-0.39, 0.29) is 0 Å². The van der Waals surface area contributed by atoms with Crippen molar-refractivity contribution in [2.75, 3.05) is 35.4 Å². The van der Waals surface area contributed by atoms with Gasteiger partial charge in [-0.1, -0.05) is 18.2 Å². The second kappa shape index (κ2) is 6.57. The summed E-state index contributed by atoms with van der Waals surface area (Å²) in [4.78, 5) is 15.6. The average Bonchev–Trinajstić information content (AvgIpc) is 2.56. The Hall–Kier alpha value is -2.41. The van der Waals surface area contributed by atoms with Gasteiger partial charge in [0, 0.05) is 25.8 Å². The molecular formula is C15H21N7. The van der Waals surface area contributed by atoms with Gasteiger partial charge in [-0.2, -0.15) is 15.0 Å². The first-order chi connectivity index (χ1) is 10.7. The lowest BCUT2D eigenvalue weighted by molar-refractivity contribution is 0.567. The normalized spacial score (nSPS) is 14.7. The van der Waals surface area contributed by atoms with Crippen LogP contribution < -0.4 is 21.1 Å². The summed E-state index contributed by atoms with van der Waals surface area (Å²) in [5, 5.41) is 4.62. The van der Waals surface area contributed by atoms with Gasteiger partial charge in [0.05, 0.1) is 0 Å². The zero-order chi connectivity index (χ0) is 15.4. The Bertz CT molecular complexity index is 609. The fraction of sp³-hybridized carbons (Fsp3) is 0.400. The highest BCUT2D eigenvalue weighted by molar-refractivity contribution is 5.55. The molecule has 2 aromatic rings. The predicted molar refractivity (Wildman–Crippen MR) is 88.2 cm³/mol. The average molecular weight is 299 g/mol. The highest BCUT2D eigenvalue weighted by Gasteiger charge is 2.17. The molecule has 1 aromatic carbocycles. The Morgan fingerprint density at radius 3 is 2.45 bits per heavy atom. The van der Waals surface area contributed by atoms with Crippen molar-refractivity contribution in [3.8, 4) is 0 Å². The van der Waals surface area contributed by atoms with E-state index in [1.54, 1.807) is 7.05 Å². The van der Waals surface area contributed by atoms with E-state index < -0.39 is 0 Å². The minimum absolute atomic E-state index is 0.453. The van der Waals surface area contributed by atoms with Crippen LogP contribution >= 0.6 is 0 Å². The molecule has 0 amide bonds. The largest absolute Gasteiger partial charge is 0.341 e. The van der Waals surface area contributed by atoms with E-state index in [0.29, 0.717) is 17.8 Å². The molecule has 1 fully saturated rings. The van der Waals surface area contributed by atoms with Crippen molar-refractivity contribution < 1.29 is 0 Å².